The zero-order valence-electron chi connectivity index (χ0n) is 8.20. The van der Waals surface area contributed by atoms with Gasteiger partial charge in [0.25, 0.3) is 0 Å². The minimum absolute atomic E-state index is 0.0324. The Balaban J connectivity index is 2.33. The van der Waals surface area contributed by atoms with Crippen LogP contribution in [-0.4, -0.2) is 21.3 Å². The van der Waals surface area contributed by atoms with Gasteiger partial charge in [-0.2, -0.15) is 0 Å². The average molecular weight is 246 g/mol. The SMILES string of the molecule is O=C1CC(=S)c2cc3c(cc21)C(=S)CC3=O. The van der Waals surface area contributed by atoms with E-state index in [0.29, 0.717) is 20.9 Å². The first-order valence-electron chi connectivity index (χ1n) is 4.89. The van der Waals surface area contributed by atoms with Gasteiger partial charge in [0.2, 0.25) is 0 Å². The molecule has 0 bridgehead atoms. The standard InChI is InChI=1S/C12H6O2S2/c13-9-3-12(16)8-2-6-7(1-5(8)9)11(15)4-10(6)14/h1-2H,3-4H2. The molecule has 3 rings (SSSR count). The first-order valence-corrected chi connectivity index (χ1v) is 5.70. The Morgan fingerprint density at radius 3 is 1.50 bits per heavy atom. The summed E-state index contributed by atoms with van der Waals surface area (Å²) < 4.78 is 0. The van der Waals surface area contributed by atoms with Crippen molar-refractivity contribution >= 4 is 45.7 Å². The molecule has 0 aromatic heterocycles. The summed E-state index contributed by atoms with van der Waals surface area (Å²) >= 11 is 10.3. The van der Waals surface area contributed by atoms with Crippen molar-refractivity contribution in [3.8, 4) is 0 Å². The van der Waals surface area contributed by atoms with Crippen LogP contribution in [0.1, 0.15) is 44.7 Å². The Labute approximate surface area is 103 Å². The van der Waals surface area contributed by atoms with E-state index in [1.807, 2.05) is 0 Å². The van der Waals surface area contributed by atoms with Crippen LogP contribution < -0.4 is 0 Å². The fourth-order valence-electron chi connectivity index (χ4n) is 2.20. The molecule has 0 radical (unpaired) electrons. The Morgan fingerprint density at radius 2 is 1.12 bits per heavy atom. The molecule has 0 amide bonds. The number of hydrogen-bond donors (Lipinski definition) is 0. The van der Waals surface area contributed by atoms with Crippen molar-refractivity contribution in [1.82, 2.24) is 0 Å². The van der Waals surface area contributed by atoms with E-state index in [0.717, 1.165) is 11.1 Å². The van der Waals surface area contributed by atoms with Crippen molar-refractivity contribution in [2.24, 2.45) is 0 Å². The molecule has 78 valence electrons. The van der Waals surface area contributed by atoms with Crippen LogP contribution in [0.25, 0.3) is 0 Å². The first-order chi connectivity index (χ1) is 7.58. The zero-order chi connectivity index (χ0) is 11.4. The van der Waals surface area contributed by atoms with E-state index >= 15 is 0 Å². The van der Waals surface area contributed by atoms with Crippen molar-refractivity contribution in [2.75, 3.05) is 0 Å². The predicted octanol–water partition coefficient (Wildman–Crippen LogP) is 2.30. The topological polar surface area (TPSA) is 34.1 Å². The maximum absolute atomic E-state index is 11.6. The van der Waals surface area contributed by atoms with Crippen molar-refractivity contribution < 1.29 is 9.59 Å². The third-order valence-corrected chi connectivity index (χ3v) is 3.73. The number of carbonyl (C=O) groups is 2. The molecule has 1 aromatic carbocycles. The van der Waals surface area contributed by atoms with Gasteiger partial charge in [0.1, 0.15) is 0 Å². The highest BCUT2D eigenvalue weighted by Gasteiger charge is 2.31. The summed E-state index contributed by atoms with van der Waals surface area (Å²) in [6.45, 7) is 0. The quantitative estimate of drug-likeness (QED) is 0.658. The lowest BCUT2D eigenvalue weighted by Crippen LogP contribution is -1.98. The summed E-state index contributed by atoms with van der Waals surface area (Å²) in [7, 11) is 0. The molecule has 16 heavy (non-hydrogen) atoms. The second kappa shape index (κ2) is 3.12. The molecule has 0 spiro atoms. The highest BCUT2D eigenvalue weighted by Crippen LogP contribution is 2.31. The van der Waals surface area contributed by atoms with Crippen LogP contribution in [0.3, 0.4) is 0 Å². The van der Waals surface area contributed by atoms with Crippen LogP contribution in [-0.2, 0) is 0 Å². The summed E-state index contributed by atoms with van der Waals surface area (Å²) in [5, 5.41) is 0. The van der Waals surface area contributed by atoms with E-state index in [2.05, 4.69) is 0 Å². The van der Waals surface area contributed by atoms with E-state index < -0.39 is 0 Å². The lowest BCUT2D eigenvalue weighted by Gasteiger charge is -2.02. The first kappa shape index (κ1) is 9.93. The highest BCUT2D eigenvalue weighted by molar-refractivity contribution is 7.81. The van der Waals surface area contributed by atoms with E-state index in [9.17, 15) is 9.59 Å². The van der Waals surface area contributed by atoms with Gasteiger partial charge >= 0.3 is 0 Å². The molecule has 0 saturated carbocycles. The van der Waals surface area contributed by atoms with Crippen LogP contribution in [0.4, 0.5) is 0 Å². The molecule has 0 fully saturated rings. The summed E-state index contributed by atoms with van der Waals surface area (Å²) in [6, 6.07) is 3.47. The zero-order valence-corrected chi connectivity index (χ0v) is 9.83. The number of ketones is 2. The molecule has 2 aliphatic rings. The molecule has 2 aliphatic carbocycles. The third kappa shape index (κ3) is 1.17. The van der Waals surface area contributed by atoms with Gasteiger partial charge in [-0.3, -0.25) is 9.59 Å². The van der Waals surface area contributed by atoms with E-state index in [1.165, 1.54) is 0 Å². The van der Waals surface area contributed by atoms with Crippen molar-refractivity contribution in [3.63, 3.8) is 0 Å². The predicted molar refractivity (Wildman–Crippen MR) is 67.7 cm³/mol. The normalized spacial score (nSPS) is 18.0. The van der Waals surface area contributed by atoms with Gasteiger partial charge in [-0.25, -0.2) is 0 Å². The van der Waals surface area contributed by atoms with Crippen molar-refractivity contribution in [1.29, 1.82) is 0 Å². The molecule has 0 unspecified atom stereocenters. The van der Waals surface area contributed by atoms with Gasteiger partial charge in [0.05, 0.1) is 0 Å². The van der Waals surface area contributed by atoms with Gasteiger partial charge < -0.3 is 0 Å². The fourth-order valence-corrected chi connectivity index (χ4v) is 2.79. The minimum Gasteiger partial charge on any atom is -0.294 e. The van der Waals surface area contributed by atoms with Crippen molar-refractivity contribution in [3.05, 3.63) is 34.4 Å². The van der Waals surface area contributed by atoms with Crippen LogP contribution >= 0.6 is 24.4 Å². The molecule has 0 heterocycles. The summed E-state index contributed by atoms with van der Waals surface area (Å²) in [4.78, 5) is 24.6. The number of rotatable bonds is 0. The van der Waals surface area contributed by atoms with Crippen LogP contribution in [0.2, 0.25) is 0 Å². The van der Waals surface area contributed by atoms with Gasteiger partial charge in [-0.1, -0.05) is 24.4 Å². The van der Waals surface area contributed by atoms with E-state index in [1.54, 1.807) is 12.1 Å². The van der Waals surface area contributed by atoms with Gasteiger partial charge in [-0.05, 0) is 12.1 Å². The maximum atomic E-state index is 11.6. The largest absolute Gasteiger partial charge is 0.294 e. The van der Waals surface area contributed by atoms with Crippen LogP contribution in [0, 0.1) is 0 Å². The average Bonchev–Trinajstić information content (AvgIpc) is 2.67. The van der Waals surface area contributed by atoms with Gasteiger partial charge in [-0.15, -0.1) is 0 Å². The molecule has 0 saturated heterocycles. The van der Waals surface area contributed by atoms with E-state index in [4.69, 9.17) is 24.4 Å². The second-order valence-electron chi connectivity index (χ2n) is 3.99. The summed E-state index contributed by atoms with van der Waals surface area (Å²) in [6.07, 6.45) is 0.572. The minimum atomic E-state index is 0.0324. The van der Waals surface area contributed by atoms with Gasteiger partial charge in [0, 0.05) is 44.8 Å². The molecule has 4 heteroatoms. The third-order valence-electron chi connectivity index (χ3n) is 3.00. The van der Waals surface area contributed by atoms with E-state index in [-0.39, 0.29) is 24.4 Å². The van der Waals surface area contributed by atoms with Crippen molar-refractivity contribution in [2.45, 2.75) is 12.8 Å². The Morgan fingerprint density at radius 1 is 0.750 bits per heavy atom. The number of fused-ring (bicyclic) bond motifs is 2. The lowest BCUT2D eigenvalue weighted by molar-refractivity contribution is 0.0995. The molecular formula is C12H6O2S2. The molecule has 0 atom stereocenters. The molecule has 2 nitrogen and oxygen atoms in total. The number of thiocarbonyl (C=S) groups is 2. The van der Waals surface area contributed by atoms with Crippen LogP contribution in [0.5, 0.6) is 0 Å². The highest BCUT2D eigenvalue weighted by atomic mass is 32.1. The maximum Gasteiger partial charge on any atom is 0.168 e. The monoisotopic (exact) mass is 246 g/mol. The number of carbonyl (C=O) groups excluding carboxylic acids is 2. The second-order valence-corrected chi connectivity index (χ2v) is 4.98. The molecule has 0 aliphatic heterocycles. The molecule has 1 aromatic rings. The van der Waals surface area contributed by atoms with Crippen LogP contribution in [0.15, 0.2) is 12.1 Å². The Kier molecular flexibility index (Phi) is 1.94. The lowest BCUT2D eigenvalue weighted by atomic mass is 10.0. The number of benzene rings is 1. The van der Waals surface area contributed by atoms with Gasteiger partial charge in [0.15, 0.2) is 11.6 Å². The Bertz CT molecular complexity index is 499. The fraction of sp³-hybridized carbons (Fsp3) is 0.167. The Hall–Kier alpha value is -1.26. The molecular weight excluding hydrogens is 240 g/mol. The smallest absolute Gasteiger partial charge is 0.168 e. The summed E-state index contributed by atoms with van der Waals surface area (Å²) in [5.41, 5.74) is 2.75. The summed E-state index contributed by atoms with van der Waals surface area (Å²) in [5.74, 6) is 0.0647. The molecule has 0 N–H and O–H groups in total. The number of Topliss-reactive ketones (excluding diaryl/α,β-unsaturated/α-hetero) is 2. The number of hydrogen-bond acceptors (Lipinski definition) is 4.